The van der Waals surface area contributed by atoms with Gasteiger partial charge in [0.15, 0.2) is 0 Å². The molecule has 0 atom stereocenters. The van der Waals surface area contributed by atoms with Gasteiger partial charge in [-0.1, -0.05) is 23.7 Å². The highest BCUT2D eigenvalue weighted by Crippen LogP contribution is 2.25. The molecule has 0 radical (unpaired) electrons. The van der Waals surface area contributed by atoms with Crippen LogP contribution in [0.25, 0.3) is 0 Å². The number of halogens is 1. The van der Waals surface area contributed by atoms with Gasteiger partial charge in [0, 0.05) is 5.02 Å². The van der Waals surface area contributed by atoms with Gasteiger partial charge < -0.3 is 14.8 Å². The van der Waals surface area contributed by atoms with E-state index in [4.69, 9.17) is 16.3 Å². The number of hydrogen-bond donors (Lipinski definition) is 2. The zero-order valence-electron chi connectivity index (χ0n) is 11.5. The average Bonchev–Trinajstić information content (AvgIpc) is 2.19. The normalized spacial score (nSPS) is 12.7. The van der Waals surface area contributed by atoms with Crippen LogP contribution in [0.4, 0.5) is 0 Å². The summed E-state index contributed by atoms with van der Waals surface area (Å²) in [5, 5.41) is 20.6. The van der Waals surface area contributed by atoms with Crippen LogP contribution in [0.2, 0.25) is 5.02 Å². The Hall–Kier alpha value is -0.545. The summed E-state index contributed by atoms with van der Waals surface area (Å²) in [6.45, 7) is 8.63. The third-order valence-electron chi connectivity index (χ3n) is 3.36. The average molecular weight is 271 g/mol. The van der Waals surface area contributed by atoms with Crippen LogP contribution in [-0.2, 0) is 4.65 Å². The van der Waals surface area contributed by atoms with Crippen LogP contribution in [-0.4, -0.2) is 28.5 Å². The maximum Gasteiger partial charge on any atom is 0.491 e. The summed E-state index contributed by atoms with van der Waals surface area (Å²) in [7, 11) is -1.12. The number of aliphatic hydroxyl groups is 1. The summed E-state index contributed by atoms with van der Waals surface area (Å²) in [4.78, 5) is 0. The van der Waals surface area contributed by atoms with Crippen molar-refractivity contribution in [1.29, 1.82) is 0 Å². The van der Waals surface area contributed by atoms with E-state index in [1.807, 2.05) is 13.0 Å². The van der Waals surface area contributed by atoms with E-state index in [9.17, 15) is 10.1 Å². The molecule has 0 aliphatic rings. The van der Waals surface area contributed by atoms with Crippen molar-refractivity contribution in [3.8, 4) is 0 Å². The van der Waals surface area contributed by atoms with Crippen LogP contribution < -0.4 is 5.46 Å². The molecule has 0 bridgehead atoms. The monoisotopic (exact) mass is 270 g/mol. The Morgan fingerprint density at radius 1 is 1.22 bits per heavy atom. The van der Waals surface area contributed by atoms with Gasteiger partial charge in [0.1, 0.15) is 0 Å². The van der Waals surface area contributed by atoms with Gasteiger partial charge in [0.2, 0.25) is 0 Å². The molecule has 0 spiro atoms. The van der Waals surface area contributed by atoms with Gasteiger partial charge in [-0.3, -0.25) is 0 Å². The lowest BCUT2D eigenvalue weighted by Crippen LogP contribution is -2.53. The molecule has 0 saturated heterocycles. The second-order valence-corrected chi connectivity index (χ2v) is 5.96. The minimum absolute atomic E-state index is 0.572. The highest BCUT2D eigenvalue weighted by molar-refractivity contribution is 6.60. The molecule has 0 unspecified atom stereocenters. The van der Waals surface area contributed by atoms with Crippen LogP contribution in [0.1, 0.15) is 33.3 Å². The SMILES string of the molecule is Cc1ccc(B(O)OC(C)(C)C(C)(C)O)cc1Cl. The van der Waals surface area contributed by atoms with Crippen molar-refractivity contribution >= 4 is 24.2 Å². The first-order valence-electron chi connectivity index (χ1n) is 5.89. The fourth-order valence-electron chi connectivity index (χ4n) is 1.25. The lowest BCUT2D eigenvalue weighted by Gasteiger charge is -2.38. The van der Waals surface area contributed by atoms with Gasteiger partial charge in [-0.2, -0.15) is 0 Å². The van der Waals surface area contributed by atoms with E-state index in [-0.39, 0.29) is 0 Å². The third-order valence-corrected chi connectivity index (χ3v) is 3.77. The second-order valence-electron chi connectivity index (χ2n) is 5.55. The van der Waals surface area contributed by atoms with Crippen LogP contribution in [0.15, 0.2) is 18.2 Å². The van der Waals surface area contributed by atoms with Gasteiger partial charge in [0.05, 0.1) is 11.2 Å². The molecule has 0 amide bonds. The first kappa shape index (κ1) is 15.5. The van der Waals surface area contributed by atoms with Crippen molar-refractivity contribution in [1.82, 2.24) is 0 Å². The summed E-state index contributed by atoms with van der Waals surface area (Å²) in [6, 6.07) is 5.25. The molecule has 3 nitrogen and oxygen atoms in total. The van der Waals surface area contributed by atoms with E-state index in [2.05, 4.69) is 0 Å². The maximum atomic E-state index is 10.0. The van der Waals surface area contributed by atoms with Crippen molar-refractivity contribution < 1.29 is 14.8 Å². The standard InChI is InChI=1S/C13H20BClO3/c1-9-6-7-10(8-11(9)15)14(17)18-13(4,5)12(2,3)16/h6-8,16-17H,1-5H3. The fourth-order valence-corrected chi connectivity index (χ4v) is 1.44. The Morgan fingerprint density at radius 3 is 2.22 bits per heavy atom. The molecule has 100 valence electrons. The number of benzene rings is 1. The summed E-state index contributed by atoms with van der Waals surface area (Å²) in [6.07, 6.45) is 0. The highest BCUT2D eigenvalue weighted by atomic mass is 35.5. The number of hydrogen-bond acceptors (Lipinski definition) is 3. The predicted molar refractivity (Wildman–Crippen MR) is 75.3 cm³/mol. The molecule has 5 heteroatoms. The zero-order valence-corrected chi connectivity index (χ0v) is 12.2. The Morgan fingerprint density at radius 2 is 1.78 bits per heavy atom. The first-order chi connectivity index (χ1) is 8.04. The Labute approximate surface area is 114 Å². The molecule has 0 fully saturated rings. The van der Waals surface area contributed by atoms with Gasteiger partial charge in [-0.25, -0.2) is 0 Å². The summed E-state index contributed by atoms with van der Waals surface area (Å²) < 4.78 is 5.53. The van der Waals surface area contributed by atoms with Gasteiger partial charge in [-0.15, -0.1) is 0 Å². The molecule has 0 aromatic heterocycles. The van der Waals surface area contributed by atoms with Gasteiger partial charge in [-0.05, 0) is 51.7 Å². The Kier molecular flexibility index (Phi) is 4.49. The molecular weight excluding hydrogens is 250 g/mol. The van der Waals surface area contributed by atoms with E-state index < -0.39 is 18.3 Å². The maximum absolute atomic E-state index is 10.0. The van der Waals surface area contributed by atoms with Gasteiger partial charge in [0.25, 0.3) is 0 Å². The topological polar surface area (TPSA) is 49.7 Å². The van der Waals surface area contributed by atoms with Crippen LogP contribution in [0, 0.1) is 6.92 Å². The largest absolute Gasteiger partial charge is 0.491 e. The van der Waals surface area contributed by atoms with E-state index >= 15 is 0 Å². The van der Waals surface area contributed by atoms with Crippen molar-refractivity contribution in [3.63, 3.8) is 0 Å². The summed E-state index contributed by atoms with van der Waals surface area (Å²) in [5.74, 6) is 0. The highest BCUT2D eigenvalue weighted by Gasteiger charge is 2.39. The van der Waals surface area contributed by atoms with E-state index in [0.29, 0.717) is 10.5 Å². The molecule has 1 aromatic rings. The van der Waals surface area contributed by atoms with E-state index in [1.165, 1.54) is 0 Å². The number of rotatable bonds is 4. The quantitative estimate of drug-likeness (QED) is 0.822. The predicted octanol–water partition coefficient (Wildman–Crippen LogP) is 1.90. The van der Waals surface area contributed by atoms with Crippen molar-refractivity contribution in [3.05, 3.63) is 28.8 Å². The van der Waals surface area contributed by atoms with Crippen molar-refractivity contribution in [2.75, 3.05) is 0 Å². The zero-order chi connectivity index (χ0) is 14.1. The van der Waals surface area contributed by atoms with Crippen LogP contribution in [0.3, 0.4) is 0 Å². The molecule has 0 aliphatic carbocycles. The molecular formula is C13H20BClO3. The smallest absolute Gasteiger partial charge is 0.423 e. The van der Waals surface area contributed by atoms with E-state index in [0.717, 1.165) is 5.56 Å². The molecule has 2 N–H and O–H groups in total. The molecule has 0 saturated carbocycles. The Bertz CT molecular complexity index is 427. The molecule has 1 aromatic carbocycles. The lowest BCUT2D eigenvalue weighted by molar-refractivity contribution is -0.0982. The molecule has 0 heterocycles. The minimum Gasteiger partial charge on any atom is -0.423 e. The lowest BCUT2D eigenvalue weighted by atomic mass is 9.76. The Balaban J connectivity index is 2.89. The van der Waals surface area contributed by atoms with E-state index in [1.54, 1.807) is 39.8 Å². The van der Waals surface area contributed by atoms with Crippen molar-refractivity contribution in [2.45, 2.75) is 45.8 Å². The second kappa shape index (κ2) is 5.21. The summed E-state index contributed by atoms with van der Waals surface area (Å²) in [5.41, 5.74) is -0.441. The van der Waals surface area contributed by atoms with Crippen molar-refractivity contribution in [2.24, 2.45) is 0 Å². The summed E-state index contributed by atoms with van der Waals surface area (Å²) >= 11 is 6.00. The van der Waals surface area contributed by atoms with Crippen LogP contribution in [0.5, 0.6) is 0 Å². The van der Waals surface area contributed by atoms with Crippen LogP contribution >= 0.6 is 11.6 Å². The first-order valence-corrected chi connectivity index (χ1v) is 6.27. The minimum atomic E-state index is -1.12. The third kappa shape index (κ3) is 3.48. The molecule has 18 heavy (non-hydrogen) atoms. The molecule has 0 aliphatic heterocycles. The van der Waals surface area contributed by atoms with Gasteiger partial charge >= 0.3 is 7.12 Å². The fraction of sp³-hybridized carbons (Fsp3) is 0.538. The molecule has 1 rings (SSSR count). The number of aryl methyl sites for hydroxylation is 1.